The van der Waals surface area contributed by atoms with E-state index in [1.165, 1.54) is 16.6 Å². The quantitative estimate of drug-likeness (QED) is 0.306. The van der Waals surface area contributed by atoms with Crippen LogP contribution in [0.2, 0.25) is 0 Å². The van der Waals surface area contributed by atoms with Crippen LogP contribution in [0.4, 0.5) is 22.0 Å². The molecule has 0 atom stereocenters. The summed E-state index contributed by atoms with van der Waals surface area (Å²) in [6, 6.07) is 4.74. The van der Waals surface area contributed by atoms with Gasteiger partial charge in [-0.15, -0.1) is 11.3 Å². The van der Waals surface area contributed by atoms with Gasteiger partial charge < -0.3 is 9.88 Å². The molecule has 1 saturated heterocycles. The number of thiophene rings is 1. The Morgan fingerprint density at radius 2 is 1.95 bits per heavy atom. The number of amides is 1. The molecule has 212 valence electrons. The second kappa shape index (κ2) is 11.1. The van der Waals surface area contributed by atoms with Crippen LogP contribution in [-0.4, -0.2) is 68.3 Å². The van der Waals surface area contributed by atoms with Gasteiger partial charge >= 0.3 is 6.18 Å². The van der Waals surface area contributed by atoms with Crippen molar-refractivity contribution in [1.29, 1.82) is 0 Å². The van der Waals surface area contributed by atoms with Gasteiger partial charge in [0.1, 0.15) is 6.54 Å². The minimum Gasteiger partial charge on any atom is -0.342 e. The third-order valence-electron chi connectivity index (χ3n) is 6.61. The lowest BCUT2D eigenvalue weighted by atomic mass is 10.1. The fraction of sp³-hybridized carbons (Fsp3) is 0.385. The van der Waals surface area contributed by atoms with Crippen molar-refractivity contribution in [1.82, 2.24) is 29.4 Å². The molecular formula is C26H25F5N6O2S. The summed E-state index contributed by atoms with van der Waals surface area (Å²) in [6.45, 7) is -0.103. The Labute approximate surface area is 229 Å². The summed E-state index contributed by atoms with van der Waals surface area (Å²) in [5.74, 6) is -3.47. The van der Waals surface area contributed by atoms with E-state index in [2.05, 4.69) is 10.1 Å². The van der Waals surface area contributed by atoms with E-state index in [1.807, 2.05) is 5.32 Å². The number of halogens is 5. The normalized spacial score (nSPS) is 15.9. The molecule has 1 amide bonds. The molecule has 0 unspecified atom stereocenters. The van der Waals surface area contributed by atoms with Gasteiger partial charge in [0.05, 0.1) is 17.6 Å². The first-order chi connectivity index (χ1) is 19.0. The SMILES string of the molecule is O=C(NCC(F)(F)F)c1cc(-c2cnn3cc(-c4ccn(CCCN5CCCC(F)(F)C5)c(=O)c4)cnc23)cs1. The standard InChI is InChI=1S/C26H25F5N6O2S/c27-25(28)4-1-5-35(16-25)6-2-7-36-8-3-17(10-22(36)38)19-11-32-23-20(12-34-37(23)13-19)18-9-21(40-14-18)24(39)33-15-26(29,30)31/h3,8-14H,1-2,4-7,15-16H2,(H,33,39). The minimum atomic E-state index is -4.50. The smallest absolute Gasteiger partial charge is 0.342 e. The maximum atomic E-state index is 13.6. The first-order valence-electron chi connectivity index (χ1n) is 12.6. The van der Waals surface area contributed by atoms with Gasteiger partial charge in [0, 0.05) is 55.3 Å². The molecule has 1 aliphatic rings. The molecule has 1 aliphatic heterocycles. The summed E-state index contributed by atoms with van der Waals surface area (Å²) >= 11 is 1.01. The van der Waals surface area contributed by atoms with Crippen LogP contribution >= 0.6 is 11.3 Å². The molecular weight excluding hydrogens is 555 g/mol. The molecule has 4 aromatic rings. The van der Waals surface area contributed by atoms with E-state index >= 15 is 0 Å². The van der Waals surface area contributed by atoms with Crippen LogP contribution in [0.5, 0.6) is 0 Å². The van der Waals surface area contributed by atoms with Gasteiger partial charge in [-0.05, 0) is 48.0 Å². The fourth-order valence-corrected chi connectivity index (χ4v) is 5.49. The molecule has 14 heteroatoms. The Bertz CT molecular complexity index is 1580. The number of aromatic nitrogens is 4. The van der Waals surface area contributed by atoms with Crippen molar-refractivity contribution < 1.29 is 26.7 Å². The molecule has 0 spiro atoms. The number of aryl methyl sites for hydroxylation is 1. The molecule has 5 rings (SSSR count). The number of pyridine rings is 1. The number of nitrogens with zero attached hydrogens (tertiary/aromatic N) is 5. The predicted molar refractivity (Wildman–Crippen MR) is 140 cm³/mol. The van der Waals surface area contributed by atoms with Gasteiger partial charge in [0.2, 0.25) is 0 Å². The van der Waals surface area contributed by atoms with Crippen molar-refractivity contribution >= 4 is 22.9 Å². The highest BCUT2D eigenvalue weighted by molar-refractivity contribution is 7.12. The topological polar surface area (TPSA) is 84.5 Å². The van der Waals surface area contributed by atoms with Crippen molar-refractivity contribution in [2.24, 2.45) is 0 Å². The van der Waals surface area contributed by atoms with E-state index in [0.717, 1.165) is 11.3 Å². The monoisotopic (exact) mass is 580 g/mol. The highest BCUT2D eigenvalue weighted by atomic mass is 32.1. The molecule has 0 saturated carbocycles. The maximum absolute atomic E-state index is 13.6. The highest BCUT2D eigenvalue weighted by Gasteiger charge is 2.34. The van der Waals surface area contributed by atoms with Crippen LogP contribution in [-0.2, 0) is 6.54 Å². The number of fused-ring (bicyclic) bond motifs is 1. The number of hydrogen-bond donors (Lipinski definition) is 1. The van der Waals surface area contributed by atoms with E-state index in [0.29, 0.717) is 60.4 Å². The lowest BCUT2D eigenvalue weighted by Gasteiger charge is -2.32. The van der Waals surface area contributed by atoms with Gasteiger partial charge in [0.25, 0.3) is 17.4 Å². The van der Waals surface area contributed by atoms with Crippen LogP contribution in [0.1, 0.15) is 28.9 Å². The number of rotatable bonds is 8. The maximum Gasteiger partial charge on any atom is 0.405 e. The molecule has 0 radical (unpaired) electrons. The number of alkyl halides is 5. The zero-order valence-corrected chi connectivity index (χ0v) is 21.9. The molecule has 1 N–H and O–H groups in total. The lowest BCUT2D eigenvalue weighted by molar-refractivity contribution is -0.123. The molecule has 0 aliphatic carbocycles. The van der Waals surface area contributed by atoms with Crippen LogP contribution in [0.15, 0.2) is 53.2 Å². The number of piperidine rings is 1. The van der Waals surface area contributed by atoms with Gasteiger partial charge in [0.15, 0.2) is 5.65 Å². The lowest BCUT2D eigenvalue weighted by Crippen LogP contribution is -2.43. The first-order valence-corrected chi connectivity index (χ1v) is 13.4. The van der Waals surface area contributed by atoms with Crippen molar-refractivity contribution in [3.05, 3.63) is 63.6 Å². The molecule has 4 aromatic heterocycles. The fourth-order valence-electron chi connectivity index (χ4n) is 4.67. The highest BCUT2D eigenvalue weighted by Crippen LogP contribution is 2.30. The molecule has 0 bridgehead atoms. The Hall–Kier alpha value is -3.65. The Kier molecular flexibility index (Phi) is 7.73. The molecule has 40 heavy (non-hydrogen) atoms. The third-order valence-corrected chi connectivity index (χ3v) is 7.54. The molecule has 1 fully saturated rings. The largest absolute Gasteiger partial charge is 0.405 e. The zero-order chi connectivity index (χ0) is 28.5. The van der Waals surface area contributed by atoms with Gasteiger partial charge in [-0.2, -0.15) is 18.3 Å². The average Bonchev–Trinajstić information content (AvgIpc) is 3.54. The number of hydrogen-bond acceptors (Lipinski definition) is 6. The number of carbonyl (C=O) groups excluding carboxylic acids is 1. The van der Waals surface area contributed by atoms with Crippen LogP contribution in [0, 0.1) is 0 Å². The molecule has 8 nitrogen and oxygen atoms in total. The van der Waals surface area contributed by atoms with Crippen molar-refractivity contribution in [3.63, 3.8) is 0 Å². The second-order valence-corrected chi connectivity index (χ2v) is 10.6. The Morgan fingerprint density at radius 1 is 1.12 bits per heavy atom. The van der Waals surface area contributed by atoms with Gasteiger partial charge in [-0.25, -0.2) is 18.3 Å². The van der Waals surface area contributed by atoms with Crippen molar-refractivity contribution in [3.8, 4) is 22.3 Å². The van der Waals surface area contributed by atoms with Gasteiger partial charge in [-0.3, -0.25) is 14.5 Å². The van der Waals surface area contributed by atoms with Crippen LogP contribution in [0.25, 0.3) is 27.9 Å². The van der Waals surface area contributed by atoms with E-state index in [-0.39, 0.29) is 23.4 Å². The van der Waals surface area contributed by atoms with Gasteiger partial charge in [-0.1, -0.05) is 0 Å². The third kappa shape index (κ3) is 6.55. The van der Waals surface area contributed by atoms with E-state index in [9.17, 15) is 31.5 Å². The Balaban J connectivity index is 1.25. The first kappa shape index (κ1) is 27.9. The molecule has 5 heterocycles. The van der Waals surface area contributed by atoms with Crippen molar-refractivity contribution in [2.75, 3.05) is 26.2 Å². The van der Waals surface area contributed by atoms with E-state index in [1.54, 1.807) is 45.7 Å². The summed E-state index contributed by atoms with van der Waals surface area (Å²) in [4.78, 5) is 31.1. The number of likely N-dealkylation sites (tertiary alicyclic amines) is 1. The van der Waals surface area contributed by atoms with Crippen LogP contribution < -0.4 is 10.9 Å². The second-order valence-electron chi connectivity index (χ2n) is 9.70. The average molecular weight is 581 g/mol. The summed E-state index contributed by atoms with van der Waals surface area (Å²) in [7, 11) is 0. The number of carbonyl (C=O) groups is 1. The minimum absolute atomic E-state index is 0.0765. The van der Waals surface area contributed by atoms with E-state index < -0.39 is 24.6 Å². The summed E-state index contributed by atoms with van der Waals surface area (Å²) < 4.78 is 67.4. The van der Waals surface area contributed by atoms with Crippen LogP contribution in [0.3, 0.4) is 0 Å². The molecule has 0 aromatic carbocycles. The van der Waals surface area contributed by atoms with E-state index in [4.69, 9.17) is 0 Å². The number of nitrogens with one attached hydrogen (secondary N) is 1. The summed E-state index contributed by atoms with van der Waals surface area (Å²) in [5.41, 5.74) is 2.70. The summed E-state index contributed by atoms with van der Waals surface area (Å²) in [5, 5.41) is 7.80. The Morgan fingerprint density at radius 3 is 2.70 bits per heavy atom. The zero-order valence-electron chi connectivity index (χ0n) is 21.1. The predicted octanol–water partition coefficient (Wildman–Crippen LogP) is 4.70. The summed E-state index contributed by atoms with van der Waals surface area (Å²) in [6.07, 6.45) is 2.96. The van der Waals surface area contributed by atoms with Crippen molar-refractivity contribution in [2.45, 2.75) is 37.9 Å².